The fraction of sp³-hybridized carbons (Fsp3) is 0.118. The molecule has 0 saturated heterocycles. The van der Waals surface area contributed by atoms with E-state index in [4.69, 9.17) is 12.2 Å². The molecular weight excluding hydrogens is 358 g/mol. The summed E-state index contributed by atoms with van der Waals surface area (Å²) in [7, 11) is 1.25. The highest BCUT2D eigenvalue weighted by molar-refractivity contribution is 7.80. The predicted octanol–water partition coefficient (Wildman–Crippen LogP) is 2.82. The van der Waals surface area contributed by atoms with Crippen molar-refractivity contribution in [3.8, 4) is 0 Å². The van der Waals surface area contributed by atoms with E-state index in [2.05, 4.69) is 15.4 Å². The molecule has 0 heterocycles. The highest BCUT2D eigenvalue weighted by Crippen LogP contribution is 2.24. The van der Waals surface area contributed by atoms with Crippen LogP contribution in [0.15, 0.2) is 42.5 Å². The zero-order chi connectivity index (χ0) is 19.3. The van der Waals surface area contributed by atoms with Crippen LogP contribution in [0.25, 0.3) is 0 Å². The van der Waals surface area contributed by atoms with Crippen LogP contribution in [0.3, 0.4) is 0 Å². The van der Waals surface area contributed by atoms with Crippen molar-refractivity contribution in [2.45, 2.75) is 6.92 Å². The van der Waals surface area contributed by atoms with E-state index in [9.17, 15) is 19.7 Å². The molecule has 0 aromatic heterocycles. The number of benzene rings is 2. The van der Waals surface area contributed by atoms with Gasteiger partial charge in [0.2, 0.25) is 0 Å². The van der Waals surface area contributed by atoms with Crippen molar-refractivity contribution in [1.29, 1.82) is 0 Å². The number of thiocarbonyl (C=S) groups is 1. The van der Waals surface area contributed by atoms with Crippen molar-refractivity contribution in [2.75, 3.05) is 12.4 Å². The molecule has 2 aromatic carbocycles. The SMILES string of the molecule is COC(=O)c1cccc(C(=O)NC(=S)Nc2cccc([N+](=O)[O-])c2C)c1. The monoisotopic (exact) mass is 373 g/mol. The number of anilines is 1. The molecule has 9 heteroatoms. The van der Waals surface area contributed by atoms with Crippen molar-refractivity contribution in [1.82, 2.24) is 5.32 Å². The van der Waals surface area contributed by atoms with Crippen molar-refractivity contribution in [2.24, 2.45) is 0 Å². The van der Waals surface area contributed by atoms with E-state index in [1.807, 2.05) is 0 Å². The number of hydrogen-bond donors (Lipinski definition) is 2. The molecule has 26 heavy (non-hydrogen) atoms. The van der Waals surface area contributed by atoms with Crippen LogP contribution < -0.4 is 10.6 Å². The van der Waals surface area contributed by atoms with Gasteiger partial charge in [-0.3, -0.25) is 20.2 Å². The third-order valence-corrected chi connectivity index (χ3v) is 3.73. The molecule has 2 rings (SSSR count). The molecule has 0 atom stereocenters. The fourth-order valence-corrected chi connectivity index (χ4v) is 2.39. The summed E-state index contributed by atoms with van der Waals surface area (Å²) in [6.07, 6.45) is 0. The van der Waals surface area contributed by atoms with Gasteiger partial charge in [-0.05, 0) is 43.4 Å². The van der Waals surface area contributed by atoms with E-state index < -0.39 is 16.8 Å². The molecule has 0 aliphatic carbocycles. The van der Waals surface area contributed by atoms with Gasteiger partial charge in [-0.25, -0.2) is 4.79 Å². The van der Waals surface area contributed by atoms with E-state index in [1.165, 1.54) is 37.4 Å². The Balaban J connectivity index is 2.11. The maximum atomic E-state index is 12.3. The number of carbonyl (C=O) groups is 2. The molecule has 0 unspecified atom stereocenters. The first-order chi connectivity index (χ1) is 12.3. The summed E-state index contributed by atoms with van der Waals surface area (Å²) in [5, 5.41) is 16.2. The summed E-state index contributed by atoms with van der Waals surface area (Å²) >= 11 is 5.08. The van der Waals surface area contributed by atoms with Crippen LogP contribution in [0.5, 0.6) is 0 Å². The molecule has 0 spiro atoms. The molecule has 1 amide bonds. The van der Waals surface area contributed by atoms with Gasteiger partial charge in [0.15, 0.2) is 5.11 Å². The lowest BCUT2D eigenvalue weighted by molar-refractivity contribution is -0.385. The van der Waals surface area contributed by atoms with Gasteiger partial charge in [0.05, 0.1) is 28.8 Å². The number of nitro groups is 1. The molecular formula is C17H15N3O5S. The zero-order valence-electron chi connectivity index (χ0n) is 13.9. The Morgan fingerprint density at radius 1 is 1.15 bits per heavy atom. The smallest absolute Gasteiger partial charge is 0.337 e. The quantitative estimate of drug-likeness (QED) is 0.367. The second kappa shape index (κ2) is 8.17. The minimum absolute atomic E-state index is 0.0259. The summed E-state index contributed by atoms with van der Waals surface area (Å²) in [4.78, 5) is 34.3. The van der Waals surface area contributed by atoms with Crippen LogP contribution in [0, 0.1) is 17.0 Å². The van der Waals surface area contributed by atoms with Crippen LogP contribution in [0.2, 0.25) is 0 Å². The number of ether oxygens (including phenoxy) is 1. The highest BCUT2D eigenvalue weighted by Gasteiger charge is 2.15. The topological polar surface area (TPSA) is 111 Å². The number of nitrogens with zero attached hydrogens (tertiary/aromatic N) is 1. The molecule has 0 bridgehead atoms. The molecule has 2 aromatic rings. The Kier molecular flexibility index (Phi) is 5.97. The number of nitro benzene ring substituents is 1. The first kappa shape index (κ1) is 19.0. The lowest BCUT2D eigenvalue weighted by Crippen LogP contribution is -2.34. The lowest BCUT2D eigenvalue weighted by Gasteiger charge is -2.12. The number of nitrogens with one attached hydrogen (secondary N) is 2. The van der Waals surface area contributed by atoms with Crippen LogP contribution in [0.4, 0.5) is 11.4 Å². The van der Waals surface area contributed by atoms with Gasteiger partial charge in [-0.2, -0.15) is 0 Å². The number of methoxy groups -OCH3 is 1. The van der Waals surface area contributed by atoms with Gasteiger partial charge >= 0.3 is 5.97 Å². The van der Waals surface area contributed by atoms with Gasteiger partial charge in [0, 0.05) is 11.6 Å². The summed E-state index contributed by atoms with van der Waals surface area (Å²) in [6.45, 7) is 1.57. The van der Waals surface area contributed by atoms with Gasteiger partial charge < -0.3 is 10.1 Å². The second-order valence-electron chi connectivity index (χ2n) is 5.19. The first-order valence-electron chi connectivity index (χ1n) is 7.38. The van der Waals surface area contributed by atoms with Gasteiger partial charge in [0.1, 0.15) is 0 Å². The normalized spacial score (nSPS) is 9.92. The molecule has 0 saturated carbocycles. The predicted molar refractivity (Wildman–Crippen MR) is 99.3 cm³/mol. The molecule has 134 valence electrons. The lowest BCUT2D eigenvalue weighted by atomic mass is 10.1. The Morgan fingerprint density at radius 3 is 2.46 bits per heavy atom. The van der Waals surface area contributed by atoms with Crippen LogP contribution >= 0.6 is 12.2 Å². The van der Waals surface area contributed by atoms with Crippen molar-refractivity contribution >= 4 is 40.6 Å². The Bertz CT molecular complexity index is 898. The summed E-state index contributed by atoms with van der Waals surface area (Å²) in [5.41, 5.74) is 1.19. The Hall–Kier alpha value is -3.33. The van der Waals surface area contributed by atoms with E-state index in [-0.39, 0.29) is 21.9 Å². The van der Waals surface area contributed by atoms with Crippen LogP contribution in [-0.4, -0.2) is 29.0 Å². The van der Waals surface area contributed by atoms with E-state index in [0.717, 1.165) is 0 Å². The maximum Gasteiger partial charge on any atom is 0.337 e. The maximum absolute atomic E-state index is 12.3. The number of hydrogen-bond acceptors (Lipinski definition) is 6. The third kappa shape index (κ3) is 4.39. The standard InChI is InChI=1S/C17H15N3O5S/c1-10-13(7-4-8-14(10)20(23)24)18-17(26)19-15(21)11-5-3-6-12(9-11)16(22)25-2/h3-9H,1-2H3,(H2,18,19,21,26). The van der Waals surface area contributed by atoms with Crippen molar-refractivity contribution in [3.63, 3.8) is 0 Å². The fourth-order valence-electron chi connectivity index (χ4n) is 2.19. The average molecular weight is 373 g/mol. The van der Waals surface area contributed by atoms with E-state index in [1.54, 1.807) is 19.1 Å². The van der Waals surface area contributed by atoms with Gasteiger partial charge in [-0.15, -0.1) is 0 Å². The van der Waals surface area contributed by atoms with Gasteiger partial charge in [0.25, 0.3) is 11.6 Å². The summed E-state index contributed by atoms with van der Waals surface area (Å²) < 4.78 is 4.61. The minimum atomic E-state index is -0.562. The van der Waals surface area contributed by atoms with Crippen molar-refractivity contribution in [3.05, 3.63) is 69.3 Å². The van der Waals surface area contributed by atoms with Crippen LogP contribution in [-0.2, 0) is 4.74 Å². The Labute approximate surface area is 154 Å². The van der Waals surface area contributed by atoms with Gasteiger partial charge in [-0.1, -0.05) is 12.1 Å². The molecule has 0 radical (unpaired) electrons. The minimum Gasteiger partial charge on any atom is -0.465 e. The highest BCUT2D eigenvalue weighted by atomic mass is 32.1. The summed E-state index contributed by atoms with van der Waals surface area (Å²) in [5.74, 6) is -1.09. The molecule has 0 aliphatic heterocycles. The number of amides is 1. The van der Waals surface area contributed by atoms with Crippen molar-refractivity contribution < 1.29 is 19.2 Å². The summed E-state index contributed by atoms with van der Waals surface area (Å²) in [6, 6.07) is 10.5. The largest absolute Gasteiger partial charge is 0.465 e. The van der Waals surface area contributed by atoms with Crippen LogP contribution in [0.1, 0.15) is 26.3 Å². The zero-order valence-corrected chi connectivity index (χ0v) is 14.8. The first-order valence-corrected chi connectivity index (χ1v) is 7.79. The molecule has 2 N–H and O–H groups in total. The molecule has 8 nitrogen and oxygen atoms in total. The average Bonchev–Trinajstić information content (AvgIpc) is 2.62. The third-order valence-electron chi connectivity index (χ3n) is 3.52. The number of carbonyl (C=O) groups excluding carboxylic acids is 2. The Morgan fingerprint density at radius 2 is 1.81 bits per heavy atom. The second-order valence-corrected chi connectivity index (χ2v) is 5.60. The molecule has 0 fully saturated rings. The molecule has 0 aliphatic rings. The van der Waals surface area contributed by atoms with E-state index in [0.29, 0.717) is 11.3 Å². The van der Waals surface area contributed by atoms with E-state index >= 15 is 0 Å². The number of rotatable bonds is 4. The number of esters is 1.